The van der Waals surface area contributed by atoms with Crippen LogP contribution in [0.25, 0.3) is 0 Å². The molecule has 5 heteroatoms. The Morgan fingerprint density at radius 1 is 1.45 bits per heavy atom. The molecule has 106 valence electrons. The molecule has 0 N–H and O–H groups in total. The first-order valence-electron chi connectivity index (χ1n) is 6.56. The summed E-state index contributed by atoms with van der Waals surface area (Å²) in [6, 6.07) is 9.40. The average Bonchev–Trinajstić information content (AvgIpc) is 2.84. The van der Waals surface area contributed by atoms with E-state index in [4.69, 9.17) is 9.68 Å². The molecule has 1 aromatic carbocycles. The lowest BCUT2D eigenvalue weighted by atomic mass is 9.94. The first-order valence-corrected chi connectivity index (χ1v) is 6.56. The summed E-state index contributed by atoms with van der Waals surface area (Å²) in [6.07, 6.45) is 1.92. The van der Waals surface area contributed by atoms with Crippen molar-refractivity contribution in [1.29, 1.82) is 0 Å². The molecule has 1 atom stereocenters. The van der Waals surface area contributed by atoms with Crippen LogP contribution < -0.4 is 0 Å². The second-order valence-corrected chi connectivity index (χ2v) is 5.26. The van der Waals surface area contributed by atoms with Gasteiger partial charge in [-0.05, 0) is 18.4 Å². The number of carbonyl (C=O) groups excluding carboxylic acids is 1. The Morgan fingerprint density at radius 3 is 2.75 bits per heavy atom. The molecule has 0 aromatic heterocycles. The monoisotopic (exact) mass is 274 g/mol. The molecular formula is C15H18N2O3. The summed E-state index contributed by atoms with van der Waals surface area (Å²) in [5.74, 6) is -0.290. The molecule has 0 spiro atoms. The number of carbonyl (C=O) groups is 1. The van der Waals surface area contributed by atoms with Gasteiger partial charge in [0.05, 0.1) is 11.9 Å². The molecule has 1 heterocycles. The Hall–Kier alpha value is -2.17. The van der Waals surface area contributed by atoms with Crippen LogP contribution in [0.5, 0.6) is 0 Å². The van der Waals surface area contributed by atoms with E-state index in [2.05, 4.69) is 10.3 Å². The van der Waals surface area contributed by atoms with Crippen molar-refractivity contribution < 1.29 is 14.5 Å². The fourth-order valence-electron chi connectivity index (χ4n) is 1.76. The van der Waals surface area contributed by atoms with Gasteiger partial charge in [-0.15, -0.1) is 0 Å². The molecule has 1 aliphatic heterocycles. The first kappa shape index (κ1) is 14.2. The fourth-order valence-corrected chi connectivity index (χ4v) is 1.76. The Bertz CT molecular complexity index is 537. The van der Waals surface area contributed by atoms with E-state index in [0.29, 0.717) is 6.42 Å². The fraction of sp³-hybridized carbons (Fsp3) is 0.400. The summed E-state index contributed by atoms with van der Waals surface area (Å²) in [7, 11) is 0. The van der Waals surface area contributed by atoms with E-state index in [9.17, 15) is 4.79 Å². The van der Waals surface area contributed by atoms with Crippen LogP contribution in [0.3, 0.4) is 0 Å². The van der Waals surface area contributed by atoms with Gasteiger partial charge < -0.3 is 9.68 Å². The molecule has 5 nitrogen and oxygen atoms in total. The third-order valence-electron chi connectivity index (χ3n) is 3.12. The van der Waals surface area contributed by atoms with Gasteiger partial charge in [-0.25, -0.2) is 4.79 Å². The molecule has 0 fully saturated rings. The molecular weight excluding hydrogens is 256 g/mol. The molecule has 1 unspecified atom stereocenters. The minimum atomic E-state index is -1.08. The molecule has 0 aliphatic carbocycles. The van der Waals surface area contributed by atoms with Crippen LogP contribution in [0, 0.1) is 5.92 Å². The third kappa shape index (κ3) is 3.23. The summed E-state index contributed by atoms with van der Waals surface area (Å²) >= 11 is 0. The summed E-state index contributed by atoms with van der Waals surface area (Å²) in [5, 5.41) is 7.64. The van der Waals surface area contributed by atoms with E-state index in [0.717, 1.165) is 11.3 Å². The van der Waals surface area contributed by atoms with Crippen molar-refractivity contribution >= 4 is 17.9 Å². The number of rotatable bonds is 4. The van der Waals surface area contributed by atoms with Crippen molar-refractivity contribution in [3.8, 4) is 0 Å². The zero-order valence-corrected chi connectivity index (χ0v) is 11.9. The largest absolute Gasteiger partial charge is 0.381 e. The SMILES string of the molecule is CC(C)C1=NOC(C)(C(=O)O/N=C/c2ccccc2)C1. The highest BCUT2D eigenvalue weighted by atomic mass is 16.7. The number of nitrogens with zero attached hydrogens (tertiary/aromatic N) is 2. The Kier molecular flexibility index (Phi) is 4.17. The van der Waals surface area contributed by atoms with Crippen molar-refractivity contribution in [3.63, 3.8) is 0 Å². The van der Waals surface area contributed by atoms with Gasteiger partial charge in [0.25, 0.3) is 0 Å². The molecule has 1 aromatic rings. The van der Waals surface area contributed by atoms with Crippen LogP contribution in [0.4, 0.5) is 0 Å². The Balaban J connectivity index is 1.92. The van der Waals surface area contributed by atoms with E-state index < -0.39 is 11.6 Å². The number of hydrogen-bond acceptors (Lipinski definition) is 5. The quantitative estimate of drug-likeness (QED) is 0.482. The maximum atomic E-state index is 12.0. The standard InChI is InChI=1S/C15H18N2O3/c1-11(2)13-9-15(3,20-17-13)14(18)19-16-10-12-7-5-4-6-8-12/h4-8,10-11H,9H2,1-3H3/b16-10+. The molecule has 1 aliphatic rings. The lowest BCUT2D eigenvalue weighted by Crippen LogP contribution is -2.36. The second-order valence-electron chi connectivity index (χ2n) is 5.26. The summed E-state index contributed by atoms with van der Waals surface area (Å²) in [6.45, 7) is 5.67. The molecule has 0 bridgehead atoms. The normalized spacial score (nSPS) is 21.9. The first-order chi connectivity index (χ1) is 9.51. The minimum Gasteiger partial charge on any atom is -0.377 e. The van der Waals surface area contributed by atoms with E-state index in [1.807, 2.05) is 44.2 Å². The summed E-state index contributed by atoms with van der Waals surface area (Å²) in [4.78, 5) is 22.1. The molecule has 0 radical (unpaired) electrons. The molecule has 0 amide bonds. The Morgan fingerprint density at radius 2 is 2.15 bits per heavy atom. The van der Waals surface area contributed by atoms with Crippen LogP contribution in [0.1, 0.15) is 32.8 Å². The van der Waals surface area contributed by atoms with Crippen molar-refractivity contribution in [1.82, 2.24) is 0 Å². The topological polar surface area (TPSA) is 60.2 Å². The zero-order chi connectivity index (χ0) is 14.6. The maximum Gasteiger partial charge on any atom is 0.381 e. The van der Waals surface area contributed by atoms with E-state index in [-0.39, 0.29) is 5.92 Å². The van der Waals surface area contributed by atoms with Gasteiger partial charge in [0, 0.05) is 6.42 Å². The van der Waals surface area contributed by atoms with Gasteiger partial charge in [-0.1, -0.05) is 54.5 Å². The van der Waals surface area contributed by atoms with Crippen molar-refractivity contribution in [3.05, 3.63) is 35.9 Å². The lowest BCUT2D eigenvalue weighted by molar-refractivity contribution is -0.167. The summed E-state index contributed by atoms with van der Waals surface area (Å²) in [5.41, 5.74) is 0.640. The smallest absolute Gasteiger partial charge is 0.377 e. The second kappa shape index (κ2) is 5.86. The van der Waals surface area contributed by atoms with Crippen LogP contribution in [-0.4, -0.2) is 23.5 Å². The molecule has 2 rings (SSSR count). The van der Waals surface area contributed by atoms with Crippen molar-refractivity contribution in [2.24, 2.45) is 16.2 Å². The zero-order valence-electron chi connectivity index (χ0n) is 11.9. The minimum absolute atomic E-state index is 0.248. The van der Waals surface area contributed by atoms with Crippen LogP contribution in [0.2, 0.25) is 0 Å². The predicted molar refractivity (Wildman–Crippen MR) is 76.5 cm³/mol. The number of oxime groups is 2. The third-order valence-corrected chi connectivity index (χ3v) is 3.12. The van der Waals surface area contributed by atoms with Gasteiger partial charge in [-0.2, -0.15) is 0 Å². The molecule has 0 saturated heterocycles. The van der Waals surface area contributed by atoms with Gasteiger partial charge in [0.2, 0.25) is 5.60 Å². The highest BCUT2D eigenvalue weighted by Gasteiger charge is 2.44. The molecule has 0 saturated carbocycles. The van der Waals surface area contributed by atoms with E-state index in [1.54, 1.807) is 6.92 Å². The summed E-state index contributed by atoms with van der Waals surface area (Å²) < 4.78 is 0. The van der Waals surface area contributed by atoms with Crippen LogP contribution in [0.15, 0.2) is 40.6 Å². The highest BCUT2D eigenvalue weighted by Crippen LogP contribution is 2.27. The lowest BCUT2D eigenvalue weighted by Gasteiger charge is -2.17. The Labute approximate surface area is 118 Å². The van der Waals surface area contributed by atoms with Crippen molar-refractivity contribution in [2.45, 2.75) is 32.8 Å². The average molecular weight is 274 g/mol. The van der Waals surface area contributed by atoms with Gasteiger partial charge in [0.1, 0.15) is 0 Å². The van der Waals surface area contributed by atoms with E-state index >= 15 is 0 Å². The van der Waals surface area contributed by atoms with Crippen LogP contribution >= 0.6 is 0 Å². The highest BCUT2D eigenvalue weighted by molar-refractivity contribution is 5.94. The van der Waals surface area contributed by atoms with Crippen LogP contribution in [-0.2, 0) is 14.5 Å². The molecule has 20 heavy (non-hydrogen) atoms. The van der Waals surface area contributed by atoms with Crippen molar-refractivity contribution in [2.75, 3.05) is 0 Å². The van der Waals surface area contributed by atoms with Gasteiger partial charge in [0.15, 0.2) is 0 Å². The van der Waals surface area contributed by atoms with Gasteiger partial charge >= 0.3 is 5.97 Å². The number of benzene rings is 1. The predicted octanol–water partition coefficient (Wildman–Crippen LogP) is 2.75. The van der Waals surface area contributed by atoms with E-state index in [1.165, 1.54) is 6.21 Å². The maximum absolute atomic E-state index is 12.0. The number of hydrogen-bond donors (Lipinski definition) is 0. The van der Waals surface area contributed by atoms with Gasteiger partial charge in [-0.3, -0.25) is 0 Å².